The molecule has 362 valence electrons. The first-order chi connectivity index (χ1) is 32.4. The first-order valence-corrected chi connectivity index (χ1v) is 23.5. The van der Waals surface area contributed by atoms with Crippen LogP contribution in [0.4, 0.5) is 0 Å². The van der Waals surface area contributed by atoms with Crippen LogP contribution >= 0.6 is 0 Å². The molecule has 6 bridgehead atoms. The average Bonchev–Trinajstić information content (AvgIpc) is 3.58. The molecule has 2 fully saturated rings. The zero-order chi connectivity index (χ0) is 49.0. The molecule has 0 aliphatic carbocycles. The molecule has 3 aliphatic heterocycles. The van der Waals surface area contributed by atoms with Gasteiger partial charge < -0.3 is 34.3 Å². The summed E-state index contributed by atoms with van der Waals surface area (Å²) in [5.41, 5.74) is 9.51. The summed E-state index contributed by atoms with van der Waals surface area (Å²) in [6.07, 6.45) is 3.23. The number of likely N-dealkylation sites (N-methyl/N-ethyl adjacent to an activating group) is 1. The van der Waals surface area contributed by atoms with Crippen LogP contribution < -0.4 is 10.7 Å². The number of carbonyl (C=O) groups excluding carboxylic acids is 5. The molecule has 3 aliphatic rings. The average molecular weight is 931 g/mol. The third-order valence-corrected chi connectivity index (χ3v) is 13.0. The zero-order valence-corrected chi connectivity index (χ0v) is 40.8. The van der Waals surface area contributed by atoms with Crippen LogP contribution in [0.1, 0.15) is 64.3 Å². The second-order valence-electron chi connectivity index (χ2n) is 19.7. The molecule has 16 nitrogen and oxygen atoms in total. The van der Waals surface area contributed by atoms with Crippen molar-refractivity contribution >= 4 is 40.5 Å². The van der Waals surface area contributed by atoms with Crippen molar-refractivity contribution in [1.82, 2.24) is 40.0 Å². The topological polar surface area (TPSA) is 179 Å². The molecule has 7 rings (SSSR count). The van der Waals surface area contributed by atoms with Gasteiger partial charge in [-0.1, -0.05) is 45.7 Å². The molecule has 2 aromatic heterocycles. The summed E-state index contributed by atoms with van der Waals surface area (Å²) in [5.74, 6) is 2.42. The third-order valence-electron chi connectivity index (χ3n) is 13.0. The molecule has 0 spiro atoms. The van der Waals surface area contributed by atoms with Crippen LogP contribution in [0.2, 0.25) is 0 Å². The molecule has 0 unspecified atom stereocenters. The first kappa shape index (κ1) is 49.6. The minimum Gasteiger partial charge on any atom is -0.508 e. The molecule has 4 aromatic rings. The van der Waals surface area contributed by atoms with Crippen molar-refractivity contribution in [3.63, 3.8) is 0 Å². The number of cyclic esters (lactones) is 1. The first-order valence-electron chi connectivity index (χ1n) is 23.5. The molecule has 5 heterocycles. The van der Waals surface area contributed by atoms with E-state index >= 15 is 0 Å². The van der Waals surface area contributed by atoms with E-state index in [1.165, 1.54) is 14.8 Å². The Morgan fingerprint density at radius 1 is 1.07 bits per heavy atom. The molecule has 3 atom stereocenters. The van der Waals surface area contributed by atoms with Crippen LogP contribution in [0.5, 0.6) is 5.75 Å². The van der Waals surface area contributed by atoms with E-state index in [1.807, 2.05) is 51.0 Å². The van der Waals surface area contributed by atoms with Gasteiger partial charge in [0.05, 0.1) is 37.1 Å². The molecule has 3 N–H and O–H groups in total. The largest absolute Gasteiger partial charge is 0.508 e. The number of nitrogens with one attached hydrogen (secondary N) is 2. The van der Waals surface area contributed by atoms with Crippen molar-refractivity contribution in [1.29, 1.82) is 0 Å². The van der Waals surface area contributed by atoms with E-state index in [-0.39, 0.29) is 56.1 Å². The number of likely N-dealkylation sites (tertiary alicyclic amines) is 1. The van der Waals surface area contributed by atoms with Gasteiger partial charge in [0, 0.05) is 74.8 Å². The summed E-state index contributed by atoms with van der Waals surface area (Å²) >= 11 is 0. The Balaban J connectivity index is 1.25. The van der Waals surface area contributed by atoms with E-state index in [0.29, 0.717) is 50.1 Å². The molecule has 0 radical (unpaired) electrons. The molecule has 2 saturated heterocycles. The number of esters is 1. The minimum atomic E-state index is -1.17. The number of phenolic OH excluding ortho intramolecular Hbond substituents is 1. The van der Waals surface area contributed by atoms with Crippen LogP contribution in [0.15, 0.2) is 54.7 Å². The lowest BCUT2D eigenvalue weighted by Gasteiger charge is -2.41. The Bertz CT molecular complexity index is 2620. The van der Waals surface area contributed by atoms with Crippen LogP contribution in [0, 0.1) is 29.1 Å². The van der Waals surface area contributed by atoms with Crippen LogP contribution in [0.3, 0.4) is 0 Å². The highest BCUT2D eigenvalue weighted by Gasteiger charge is 2.42. The van der Waals surface area contributed by atoms with E-state index in [2.05, 4.69) is 66.1 Å². The predicted octanol–water partition coefficient (Wildman–Crippen LogP) is 4.40. The highest BCUT2D eigenvalue weighted by Crippen LogP contribution is 2.41. The number of aryl methyl sites for hydroxylation is 1. The fourth-order valence-corrected chi connectivity index (χ4v) is 9.68. The number of pyridine rings is 1. The SMILES string of the molecule is CCn1c(-c2cccnc2COC)c2c3cc(ccc31)-c1cc(O)cc(c1)C[C@H](NC(=O)[C@H](C(C)C)N(C)C(=O)C1CN(C(=O)C#CCN(C)C)C1)C(=O)N1CCC[C@H](N1)C(=O)OCC(C)(C)C2. The summed E-state index contributed by atoms with van der Waals surface area (Å²) in [4.78, 5) is 79.1. The standard InChI is InChI=1S/C52H66N8O8/c1-10-59-44-18-17-34-26-39(44)40(47(59)38-14-11-19-53-43(38)30-67-9)27-52(4,5)31-68-51(66)41-15-12-21-60(55-41)50(65)42(24-33-22-35(34)25-37(61)23-33)54-48(63)46(32(2)3)57(8)49(64)36-28-58(29-36)45(62)16-13-20-56(6)7/h11,14,17-19,22-23,25-26,32,36,41-42,46,55,61H,10,12,15,20-21,24,27-31H2,1-9H3,(H,54,63)/t41-,42-,46-/m0/s1. The number of fused-ring (bicyclic) bond motifs is 6. The molecule has 0 saturated carbocycles. The normalized spacial score (nSPS) is 19.2. The third kappa shape index (κ3) is 10.9. The van der Waals surface area contributed by atoms with Crippen molar-refractivity contribution < 1.29 is 38.6 Å². The number of carbonyl (C=O) groups is 5. The van der Waals surface area contributed by atoms with Gasteiger partial charge >= 0.3 is 5.97 Å². The van der Waals surface area contributed by atoms with E-state index in [0.717, 1.165) is 39.0 Å². The van der Waals surface area contributed by atoms with Gasteiger partial charge in [0.15, 0.2) is 0 Å². The highest BCUT2D eigenvalue weighted by atomic mass is 16.5. The van der Waals surface area contributed by atoms with E-state index in [9.17, 15) is 29.1 Å². The van der Waals surface area contributed by atoms with Crippen LogP contribution in [-0.4, -0.2) is 143 Å². The number of hydrogen-bond donors (Lipinski definition) is 3. The van der Waals surface area contributed by atoms with Gasteiger partial charge in [-0.15, -0.1) is 0 Å². The number of aromatic hydroxyl groups is 1. The lowest BCUT2D eigenvalue weighted by molar-refractivity contribution is -0.155. The Hall–Kier alpha value is -6.28. The molecule has 2 aromatic carbocycles. The van der Waals surface area contributed by atoms with Crippen molar-refractivity contribution in [2.75, 3.05) is 61.0 Å². The lowest BCUT2D eigenvalue weighted by atomic mass is 9.84. The molecular formula is C52H66N8O8. The smallest absolute Gasteiger partial charge is 0.324 e. The number of ether oxygens (including phenoxy) is 2. The second-order valence-corrected chi connectivity index (χ2v) is 19.7. The van der Waals surface area contributed by atoms with Gasteiger partial charge in [-0.25, -0.2) is 5.43 Å². The maximum atomic E-state index is 14.7. The number of rotatable bonds is 10. The number of benzene rings is 2. The predicted molar refractivity (Wildman–Crippen MR) is 258 cm³/mol. The fourth-order valence-electron chi connectivity index (χ4n) is 9.68. The van der Waals surface area contributed by atoms with Crippen molar-refractivity contribution in [3.8, 4) is 40.0 Å². The van der Waals surface area contributed by atoms with Gasteiger partial charge in [0.25, 0.3) is 11.8 Å². The summed E-state index contributed by atoms with van der Waals surface area (Å²) in [6, 6.07) is 12.4. The number of aromatic nitrogens is 2. The van der Waals surface area contributed by atoms with E-state index in [1.54, 1.807) is 32.5 Å². The zero-order valence-electron chi connectivity index (χ0n) is 40.8. The van der Waals surface area contributed by atoms with E-state index < -0.39 is 47.2 Å². The summed E-state index contributed by atoms with van der Waals surface area (Å²) in [5, 5.41) is 16.7. The Kier molecular flexibility index (Phi) is 15.3. The number of hydrogen-bond acceptors (Lipinski definition) is 11. The molecule has 16 heteroatoms. The van der Waals surface area contributed by atoms with Gasteiger partial charge in [-0.3, -0.25) is 38.9 Å². The number of amides is 4. The quantitative estimate of drug-likeness (QED) is 0.152. The number of nitrogens with zero attached hydrogens (tertiary/aromatic N) is 6. The number of methoxy groups -OCH3 is 1. The highest BCUT2D eigenvalue weighted by molar-refractivity contribution is 5.97. The van der Waals surface area contributed by atoms with Gasteiger partial charge in [0.1, 0.15) is 23.9 Å². The van der Waals surface area contributed by atoms with Crippen molar-refractivity contribution in [2.24, 2.45) is 17.3 Å². The van der Waals surface area contributed by atoms with Crippen LogP contribution in [0.25, 0.3) is 33.3 Å². The molecule has 4 amide bonds. The number of hydrazine groups is 1. The molecular weight excluding hydrogens is 865 g/mol. The van der Waals surface area contributed by atoms with Gasteiger partial charge in [-0.2, -0.15) is 0 Å². The van der Waals surface area contributed by atoms with Crippen molar-refractivity contribution in [2.45, 2.75) is 91.6 Å². The monoisotopic (exact) mass is 931 g/mol. The maximum absolute atomic E-state index is 14.7. The van der Waals surface area contributed by atoms with E-state index in [4.69, 9.17) is 14.5 Å². The summed E-state index contributed by atoms with van der Waals surface area (Å²) in [6.45, 7) is 12.1. The fraction of sp³-hybridized carbons (Fsp3) is 0.500. The lowest BCUT2D eigenvalue weighted by Crippen LogP contribution is -2.63. The van der Waals surface area contributed by atoms with Crippen molar-refractivity contribution in [3.05, 3.63) is 71.5 Å². The maximum Gasteiger partial charge on any atom is 0.324 e. The summed E-state index contributed by atoms with van der Waals surface area (Å²) in [7, 11) is 6.94. The Morgan fingerprint density at radius 2 is 1.84 bits per heavy atom. The number of phenols is 1. The summed E-state index contributed by atoms with van der Waals surface area (Å²) < 4.78 is 14.0. The van der Waals surface area contributed by atoms with Crippen LogP contribution in [-0.2, 0) is 59.4 Å². The molecule has 68 heavy (non-hydrogen) atoms. The Morgan fingerprint density at radius 3 is 2.54 bits per heavy atom. The second kappa shape index (κ2) is 20.9. The minimum absolute atomic E-state index is 0.0155. The van der Waals surface area contributed by atoms with Gasteiger partial charge in [-0.05, 0) is 111 Å². The Labute approximate surface area is 399 Å². The van der Waals surface area contributed by atoms with Gasteiger partial charge in [0.2, 0.25) is 11.8 Å².